The van der Waals surface area contributed by atoms with E-state index in [9.17, 15) is 14.4 Å². The Morgan fingerprint density at radius 3 is 2.00 bits per heavy atom. The van der Waals surface area contributed by atoms with Gasteiger partial charge < -0.3 is 4.74 Å². The van der Waals surface area contributed by atoms with Crippen LogP contribution in [-0.4, -0.2) is 91.1 Å². The van der Waals surface area contributed by atoms with Crippen molar-refractivity contribution in [1.82, 2.24) is 20.0 Å². The van der Waals surface area contributed by atoms with E-state index in [1.165, 1.54) is 0 Å². The average Bonchev–Trinajstić information content (AvgIpc) is 3.03. The van der Waals surface area contributed by atoms with Gasteiger partial charge in [0.1, 0.15) is 6.61 Å². The molecule has 5 rings (SSSR count). The van der Waals surface area contributed by atoms with Crippen LogP contribution in [0.3, 0.4) is 0 Å². The number of amides is 4. The lowest BCUT2D eigenvalue weighted by molar-refractivity contribution is 0.148. The van der Waals surface area contributed by atoms with Gasteiger partial charge in [-0.2, -0.15) is 5.26 Å². The normalized spacial score (nSPS) is 32.9. The molecule has 3 saturated carbocycles. The third-order valence-corrected chi connectivity index (χ3v) is 10.1. The number of ether oxygens (including phenoxy) is 1. The fourth-order valence-corrected chi connectivity index (χ4v) is 7.86. The molecule has 6 atom stereocenters. The SMILES string of the molecule is CN1C(=O)N(CC2CCCC(CN=C3NC(=O)N3CC3CCCC(CN=C=O)C3)C2)C1=NCC1CCCC(COC#N)C1. The fourth-order valence-electron chi connectivity index (χ4n) is 7.86. The van der Waals surface area contributed by atoms with E-state index in [1.807, 2.05) is 4.90 Å². The van der Waals surface area contributed by atoms with E-state index in [-0.39, 0.29) is 12.1 Å². The van der Waals surface area contributed by atoms with Crippen molar-refractivity contribution in [2.75, 3.05) is 46.4 Å². The Balaban J connectivity index is 1.09. The highest BCUT2D eigenvalue weighted by Crippen LogP contribution is 2.34. The summed E-state index contributed by atoms with van der Waals surface area (Å²) in [5.74, 6) is 3.95. The number of guanidine groups is 2. The van der Waals surface area contributed by atoms with Crippen molar-refractivity contribution in [3.8, 4) is 6.26 Å². The molecule has 2 saturated heterocycles. The highest BCUT2D eigenvalue weighted by atomic mass is 16.5. The van der Waals surface area contributed by atoms with Crippen molar-refractivity contribution in [2.45, 2.75) is 77.0 Å². The van der Waals surface area contributed by atoms with E-state index in [4.69, 9.17) is 20.0 Å². The zero-order valence-electron chi connectivity index (χ0n) is 25.5. The second-order valence-corrected chi connectivity index (χ2v) is 13.3. The summed E-state index contributed by atoms with van der Waals surface area (Å²) >= 11 is 0. The summed E-state index contributed by atoms with van der Waals surface area (Å²) in [6.45, 7) is 3.76. The van der Waals surface area contributed by atoms with Crippen molar-refractivity contribution < 1.29 is 19.1 Å². The zero-order chi connectivity index (χ0) is 30.2. The first-order chi connectivity index (χ1) is 20.9. The third-order valence-electron chi connectivity index (χ3n) is 10.1. The minimum absolute atomic E-state index is 0.0146. The molecule has 5 aliphatic rings. The molecule has 3 aliphatic carbocycles. The first-order valence-corrected chi connectivity index (χ1v) is 16.2. The highest BCUT2D eigenvalue weighted by molar-refractivity contribution is 6.14. The van der Waals surface area contributed by atoms with E-state index in [2.05, 4.69) is 10.3 Å². The molecule has 1 N–H and O–H groups in total. The largest absolute Gasteiger partial charge is 0.427 e. The van der Waals surface area contributed by atoms with Crippen LogP contribution in [0.15, 0.2) is 15.0 Å². The second-order valence-electron chi connectivity index (χ2n) is 13.3. The summed E-state index contributed by atoms with van der Waals surface area (Å²) in [5.41, 5.74) is 0. The van der Waals surface area contributed by atoms with Gasteiger partial charge in [0.2, 0.25) is 18.0 Å². The molecule has 0 radical (unpaired) electrons. The quantitative estimate of drug-likeness (QED) is 0.203. The summed E-state index contributed by atoms with van der Waals surface area (Å²) < 4.78 is 4.98. The van der Waals surface area contributed by atoms with Crippen LogP contribution in [0.4, 0.5) is 9.59 Å². The maximum Gasteiger partial charge on any atom is 0.333 e. The standard InChI is InChI=1S/C31H46N8O4/c1-37-29(35-16-24-7-4-10-27(13-24)19-43-20-32)39(31(37)42)18-26-9-3-6-23(12-26)15-34-28-36-30(41)38(28)17-25-8-2-5-22(11-25)14-33-21-40/h22-27H,2-19H2,1H3,(H,34,36,41). The van der Waals surface area contributed by atoms with Crippen LogP contribution in [0.5, 0.6) is 0 Å². The Morgan fingerprint density at radius 1 is 0.814 bits per heavy atom. The molecule has 12 heteroatoms. The first kappa shape index (κ1) is 31.0. The van der Waals surface area contributed by atoms with Crippen molar-refractivity contribution in [2.24, 2.45) is 50.5 Å². The number of hydrogen-bond acceptors (Lipinski definition) is 8. The second kappa shape index (κ2) is 14.8. The molecule has 0 aromatic heterocycles. The van der Waals surface area contributed by atoms with E-state index < -0.39 is 0 Å². The number of nitriles is 1. The number of rotatable bonds is 12. The average molecular weight is 595 g/mol. The molecular weight excluding hydrogens is 548 g/mol. The van der Waals surface area contributed by atoms with Crippen molar-refractivity contribution >= 4 is 30.1 Å². The first-order valence-electron chi connectivity index (χ1n) is 16.2. The lowest BCUT2D eigenvalue weighted by Crippen LogP contribution is -2.64. The van der Waals surface area contributed by atoms with Crippen molar-refractivity contribution in [1.29, 1.82) is 5.26 Å². The fraction of sp³-hybridized carbons (Fsp3) is 0.806. The Kier molecular flexibility index (Phi) is 10.7. The Bertz CT molecular complexity index is 1160. The van der Waals surface area contributed by atoms with Gasteiger partial charge >= 0.3 is 12.1 Å². The van der Waals surface area contributed by atoms with Gasteiger partial charge in [-0.15, -0.1) is 0 Å². The van der Waals surface area contributed by atoms with Gasteiger partial charge in [0.05, 0.1) is 6.54 Å². The van der Waals surface area contributed by atoms with Crippen LogP contribution in [0, 0.1) is 47.0 Å². The third kappa shape index (κ3) is 7.94. The van der Waals surface area contributed by atoms with Crippen LogP contribution >= 0.6 is 0 Å². The van der Waals surface area contributed by atoms with Gasteiger partial charge in [0.15, 0.2) is 0 Å². The van der Waals surface area contributed by atoms with Gasteiger partial charge in [0, 0.05) is 33.2 Å². The lowest BCUT2D eigenvalue weighted by atomic mass is 9.81. The summed E-state index contributed by atoms with van der Waals surface area (Å²) in [4.78, 5) is 54.3. The minimum atomic E-state index is -0.0835. The summed E-state index contributed by atoms with van der Waals surface area (Å²) in [7, 11) is 1.80. The number of urea groups is 2. The zero-order valence-corrected chi connectivity index (χ0v) is 25.5. The van der Waals surface area contributed by atoms with E-state index in [0.29, 0.717) is 80.8 Å². The molecule has 5 fully saturated rings. The summed E-state index contributed by atoms with van der Waals surface area (Å²) in [6.07, 6.45) is 16.3. The molecule has 4 amide bonds. The summed E-state index contributed by atoms with van der Waals surface area (Å²) in [5, 5.41) is 11.6. The van der Waals surface area contributed by atoms with Crippen molar-refractivity contribution in [3.05, 3.63) is 0 Å². The lowest BCUT2D eigenvalue weighted by Gasteiger charge is -2.43. The minimum Gasteiger partial charge on any atom is -0.427 e. The molecule has 0 aromatic carbocycles. The molecule has 6 unspecified atom stereocenters. The molecule has 2 aliphatic heterocycles. The maximum atomic E-state index is 12.7. The molecule has 2 heterocycles. The number of carbonyl (C=O) groups is 2. The van der Waals surface area contributed by atoms with E-state index in [0.717, 1.165) is 83.0 Å². The van der Waals surface area contributed by atoms with Crippen LogP contribution in [0.2, 0.25) is 0 Å². The molecule has 0 spiro atoms. The molecule has 43 heavy (non-hydrogen) atoms. The molecule has 0 aromatic rings. The van der Waals surface area contributed by atoms with Crippen LogP contribution in [0.1, 0.15) is 77.0 Å². The maximum absolute atomic E-state index is 12.7. The van der Waals surface area contributed by atoms with Gasteiger partial charge in [0.25, 0.3) is 6.26 Å². The number of nitrogens with one attached hydrogen (secondary N) is 1. The number of carbonyl (C=O) groups excluding carboxylic acids is 3. The van der Waals surface area contributed by atoms with Crippen LogP contribution < -0.4 is 5.32 Å². The topological polar surface area (TPSA) is 143 Å². The van der Waals surface area contributed by atoms with Crippen molar-refractivity contribution in [3.63, 3.8) is 0 Å². The Labute approximate surface area is 254 Å². The summed E-state index contributed by atoms with van der Waals surface area (Å²) in [6, 6.07) is -0.0689. The Hall–Kier alpha value is -3.45. The molecule has 0 bridgehead atoms. The number of isocyanates is 1. The van der Waals surface area contributed by atoms with Crippen LogP contribution in [0.25, 0.3) is 0 Å². The molecule has 12 nitrogen and oxygen atoms in total. The van der Waals surface area contributed by atoms with E-state index in [1.54, 1.807) is 29.2 Å². The number of aliphatic imine (C=N–C) groups is 3. The Morgan fingerprint density at radius 2 is 1.37 bits per heavy atom. The van der Waals surface area contributed by atoms with Gasteiger partial charge in [-0.1, -0.05) is 19.3 Å². The van der Waals surface area contributed by atoms with Crippen LogP contribution in [-0.2, 0) is 9.53 Å². The predicted octanol–water partition coefficient (Wildman–Crippen LogP) is 4.34. The monoisotopic (exact) mass is 594 g/mol. The van der Waals surface area contributed by atoms with E-state index >= 15 is 0 Å². The van der Waals surface area contributed by atoms with Gasteiger partial charge in [-0.25, -0.2) is 19.4 Å². The number of nitrogens with zero attached hydrogens (tertiary/aromatic N) is 7. The highest BCUT2D eigenvalue weighted by Gasteiger charge is 2.41. The molecule has 234 valence electrons. The van der Waals surface area contributed by atoms with Gasteiger partial charge in [-0.3, -0.25) is 30.0 Å². The smallest absolute Gasteiger partial charge is 0.333 e. The van der Waals surface area contributed by atoms with Gasteiger partial charge in [-0.05, 0) is 93.3 Å². The molecular formula is C31H46N8O4. The number of hydrogen-bond donors (Lipinski definition) is 1. The predicted molar refractivity (Wildman–Crippen MR) is 161 cm³/mol.